The van der Waals surface area contributed by atoms with Gasteiger partial charge >= 0.3 is 0 Å². The molecular weight excluding hydrogens is 336 g/mol. The van der Waals surface area contributed by atoms with Crippen molar-refractivity contribution in [1.29, 1.82) is 0 Å². The zero-order chi connectivity index (χ0) is 19.6. The first-order chi connectivity index (χ1) is 13.8. The van der Waals surface area contributed by atoms with Crippen LogP contribution in [0.25, 0.3) is 0 Å². The predicted octanol–water partition coefficient (Wildman–Crippen LogP) is 7.31. The molecule has 0 radical (unpaired) electrons. The van der Waals surface area contributed by atoms with E-state index in [0.29, 0.717) is 0 Å². The Morgan fingerprint density at radius 2 is 1.25 bits per heavy atom. The van der Waals surface area contributed by atoms with Gasteiger partial charge < -0.3 is 0 Å². The summed E-state index contributed by atoms with van der Waals surface area (Å²) in [5.41, 5.74) is 4.67. The lowest BCUT2D eigenvalue weighted by Crippen LogP contribution is -2.13. The van der Waals surface area contributed by atoms with Gasteiger partial charge in [0.1, 0.15) is 0 Å². The van der Waals surface area contributed by atoms with Gasteiger partial charge in [-0.05, 0) is 86.4 Å². The molecule has 3 rings (SSSR count). The Hall–Kier alpha value is -2.44. The van der Waals surface area contributed by atoms with Crippen molar-refractivity contribution in [1.82, 2.24) is 0 Å². The molecule has 0 unspecified atom stereocenters. The number of hydrogen-bond donors (Lipinski definition) is 0. The molecule has 0 saturated heterocycles. The van der Waals surface area contributed by atoms with Gasteiger partial charge in [0.25, 0.3) is 0 Å². The topological polar surface area (TPSA) is 0 Å². The van der Waals surface area contributed by atoms with E-state index in [-0.39, 0.29) is 0 Å². The molecule has 28 heavy (non-hydrogen) atoms. The van der Waals surface area contributed by atoms with Gasteiger partial charge in [0.2, 0.25) is 0 Å². The van der Waals surface area contributed by atoms with E-state index in [4.69, 9.17) is 0 Å². The van der Waals surface area contributed by atoms with Crippen molar-refractivity contribution in [2.75, 3.05) is 0 Å². The molecule has 0 heteroatoms. The van der Waals surface area contributed by atoms with Gasteiger partial charge in [-0.15, -0.1) is 5.92 Å². The minimum Gasteiger partial charge on any atom is -0.101 e. The lowest BCUT2D eigenvalue weighted by molar-refractivity contribution is 0.303. The van der Waals surface area contributed by atoms with Crippen LogP contribution in [0.15, 0.2) is 48.5 Å². The molecule has 0 N–H and O–H groups in total. The highest BCUT2D eigenvalue weighted by molar-refractivity contribution is 5.46. The van der Waals surface area contributed by atoms with E-state index in [9.17, 15) is 0 Å². The fraction of sp³-hybridized carbons (Fsp3) is 0.429. The molecule has 0 nitrogen and oxygen atoms in total. The third-order valence-electron chi connectivity index (χ3n) is 5.95. The quantitative estimate of drug-likeness (QED) is 0.383. The van der Waals surface area contributed by atoms with E-state index in [1.807, 2.05) is 31.2 Å². The van der Waals surface area contributed by atoms with Crippen molar-refractivity contribution in [3.05, 3.63) is 70.8 Å². The fourth-order valence-electron chi connectivity index (χ4n) is 4.23. The minimum absolute atomic E-state index is 0.747. The normalized spacial score (nSPS) is 18.5. The fourth-order valence-corrected chi connectivity index (χ4v) is 4.23. The molecule has 0 spiro atoms. The molecule has 0 aromatic heterocycles. The second-order valence-corrected chi connectivity index (χ2v) is 8.04. The Bertz CT molecular complexity index is 839. The predicted molar refractivity (Wildman–Crippen MR) is 120 cm³/mol. The maximum Gasteiger partial charge on any atom is 0.0249 e. The first kappa shape index (κ1) is 20.3. The molecule has 144 valence electrons. The number of hydrogen-bond acceptors (Lipinski definition) is 0. The summed E-state index contributed by atoms with van der Waals surface area (Å²) in [6.45, 7) is 4.15. The lowest BCUT2D eigenvalue weighted by Gasteiger charge is -2.29. The lowest BCUT2D eigenvalue weighted by atomic mass is 9.77. The largest absolute Gasteiger partial charge is 0.101 e. The zero-order valence-electron chi connectivity index (χ0n) is 17.4. The van der Waals surface area contributed by atoms with Crippen molar-refractivity contribution in [3.63, 3.8) is 0 Å². The van der Waals surface area contributed by atoms with Crippen LogP contribution < -0.4 is 0 Å². The molecule has 2 aromatic carbocycles. The van der Waals surface area contributed by atoms with Crippen LogP contribution in [0.5, 0.6) is 0 Å². The van der Waals surface area contributed by atoms with E-state index in [0.717, 1.165) is 28.5 Å². The second kappa shape index (κ2) is 10.8. The average Bonchev–Trinajstić information content (AvgIpc) is 2.75. The van der Waals surface area contributed by atoms with Crippen LogP contribution in [0.1, 0.15) is 93.4 Å². The van der Waals surface area contributed by atoms with Crippen LogP contribution >= 0.6 is 0 Å². The Kier molecular flexibility index (Phi) is 7.82. The Morgan fingerprint density at radius 1 is 0.714 bits per heavy atom. The van der Waals surface area contributed by atoms with Crippen molar-refractivity contribution in [2.45, 2.75) is 71.1 Å². The summed E-state index contributed by atoms with van der Waals surface area (Å²) in [5.74, 6) is 14.3. The molecule has 0 atom stereocenters. The highest BCUT2D eigenvalue weighted by atomic mass is 14.3. The van der Waals surface area contributed by atoms with Crippen LogP contribution in [0.3, 0.4) is 0 Å². The van der Waals surface area contributed by atoms with E-state index >= 15 is 0 Å². The number of unbranched alkanes of at least 4 members (excludes halogenated alkanes) is 2. The van der Waals surface area contributed by atoms with E-state index < -0.39 is 0 Å². The van der Waals surface area contributed by atoms with Crippen LogP contribution in [0.4, 0.5) is 0 Å². The standard InChI is InChI=1S/C28H32/c1-3-5-6-8-24-15-19-27(20-16-24)28-21-17-26(18-22-28)14-13-25-11-9-23(7-4-2)10-12-25/h9-12,17-18,21-22,24,27H,3,5-6,8,15-16,19-20H2,1-2H3/t24-,27-. The summed E-state index contributed by atoms with van der Waals surface area (Å²) in [6.07, 6.45) is 11.1. The molecule has 0 heterocycles. The van der Waals surface area contributed by atoms with Crippen molar-refractivity contribution >= 4 is 0 Å². The Balaban J connectivity index is 1.53. The highest BCUT2D eigenvalue weighted by Crippen LogP contribution is 2.37. The second-order valence-electron chi connectivity index (χ2n) is 8.04. The van der Waals surface area contributed by atoms with E-state index in [1.165, 1.54) is 56.9 Å². The average molecular weight is 369 g/mol. The van der Waals surface area contributed by atoms with Crippen molar-refractivity contribution in [3.8, 4) is 23.7 Å². The minimum atomic E-state index is 0.747. The summed E-state index contributed by atoms with van der Waals surface area (Å²) < 4.78 is 0. The van der Waals surface area contributed by atoms with Crippen LogP contribution in [0, 0.1) is 29.6 Å². The molecule has 1 saturated carbocycles. The van der Waals surface area contributed by atoms with E-state index in [1.54, 1.807) is 0 Å². The van der Waals surface area contributed by atoms with Gasteiger partial charge in [0.05, 0.1) is 0 Å². The van der Waals surface area contributed by atoms with Gasteiger partial charge in [-0.2, -0.15) is 0 Å². The molecule has 2 aromatic rings. The zero-order valence-corrected chi connectivity index (χ0v) is 17.4. The summed E-state index contributed by atoms with van der Waals surface area (Å²) in [5, 5.41) is 0. The smallest absolute Gasteiger partial charge is 0.0249 e. The molecular formula is C28H32. The van der Waals surface area contributed by atoms with Gasteiger partial charge in [0, 0.05) is 16.7 Å². The van der Waals surface area contributed by atoms with Crippen molar-refractivity contribution < 1.29 is 0 Å². The molecule has 1 aliphatic rings. The van der Waals surface area contributed by atoms with Gasteiger partial charge in [-0.25, -0.2) is 0 Å². The third kappa shape index (κ3) is 6.04. The SMILES string of the molecule is CC#Cc1ccc(C#Cc2ccc([C@H]3CC[C@H](CCCCC)CC3)cc2)cc1. The summed E-state index contributed by atoms with van der Waals surface area (Å²) in [4.78, 5) is 0. The van der Waals surface area contributed by atoms with Gasteiger partial charge in [-0.1, -0.05) is 62.5 Å². The van der Waals surface area contributed by atoms with E-state index in [2.05, 4.69) is 54.9 Å². The van der Waals surface area contributed by atoms with Gasteiger partial charge in [-0.3, -0.25) is 0 Å². The maximum atomic E-state index is 3.29. The monoisotopic (exact) mass is 368 g/mol. The highest BCUT2D eigenvalue weighted by Gasteiger charge is 2.21. The van der Waals surface area contributed by atoms with Crippen LogP contribution in [-0.4, -0.2) is 0 Å². The van der Waals surface area contributed by atoms with Crippen molar-refractivity contribution in [2.24, 2.45) is 5.92 Å². The molecule has 0 amide bonds. The number of benzene rings is 2. The van der Waals surface area contributed by atoms with Gasteiger partial charge in [0.15, 0.2) is 0 Å². The molecule has 0 bridgehead atoms. The summed E-state index contributed by atoms with van der Waals surface area (Å²) in [7, 11) is 0. The molecule has 1 aliphatic carbocycles. The third-order valence-corrected chi connectivity index (χ3v) is 5.95. The van der Waals surface area contributed by atoms with Crippen LogP contribution in [-0.2, 0) is 0 Å². The first-order valence-electron chi connectivity index (χ1n) is 10.9. The number of rotatable bonds is 5. The summed E-state index contributed by atoms with van der Waals surface area (Å²) in [6, 6.07) is 17.1. The Morgan fingerprint density at radius 3 is 1.79 bits per heavy atom. The summed E-state index contributed by atoms with van der Waals surface area (Å²) >= 11 is 0. The Labute approximate surface area is 171 Å². The molecule has 0 aliphatic heterocycles. The maximum absolute atomic E-state index is 3.29. The molecule has 1 fully saturated rings. The van der Waals surface area contributed by atoms with Crippen LogP contribution in [0.2, 0.25) is 0 Å². The first-order valence-corrected chi connectivity index (χ1v) is 10.9.